The van der Waals surface area contributed by atoms with Crippen LogP contribution >= 0.6 is 31.9 Å². The van der Waals surface area contributed by atoms with Crippen molar-refractivity contribution < 1.29 is 9.90 Å². The third-order valence-corrected chi connectivity index (χ3v) is 1.67. The van der Waals surface area contributed by atoms with Gasteiger partial charge in [0.05, 0.1) is 0 Å². The van der Waals surface area contributed by atoms with Crippen molar-refractivity contribution in [1.29, 1.82) is 0 Å². The predicted octanol–water partition coefficient (Wildman–Crippen LogP) is 1.79. The van der Waals surface area contributed by atoms with Gasteiger partial charge in [0.2, 0.25) is 0 Å². The Morgan fingerprint density at radius 1 is 1.56 bits per heavy atom. The summed E-state index contributed by atoms with van der Waals surface area (Å²) >= 11 is 6.15. The van der Waals surface area contributed by atoms with Gasteiger partial charge in [0, 0.05) is 16.2 Å². The van der Waals surface area contributed by atoms with E-state index in [1.807, 2.05) is 0 Å². The fourth-order valence-corrected chi connectivity index (χ4v) is 1.15. The van der Waals surface area contributed by atoms with Crippen LogP contribution in [0.2, 0.25) is 0 Å². The molecule has 0 fully saturated rings. The lowest BCUT2D eigenvalue weighted by Crippen LogP contribution is -2.01. The number of carboxylic acids is 1. The summed E-state index contributed by atoms with van der Waals surface area (Å²) < 4.78 is 0. The summed E-state index contributed by atoms with van der Waals surface area (Å²) in [5, 5.41) is 9.37. The van der Waals surface area contributed by atoms with E-state index in [0.29, 0.717) is 16.2 Å². The first kappa shape index (κ1) is 9.17. The van der Waals surface area contributed by atoms with E-state index in [1.165, 1.54) is 0 Å². The van der Waals surface area contributed by atoms with E-state index in [4.69, 9.17) is 5.11 Å². The largest absolute Gasteiger partial charge is 0.478 e. The van der Waals surface area contributed by atoms with Gasteiger partial charge in [-0.25, -0.2) is 4.79 Å². The molecule has 0 saturated carbocycles. The minimum absolute atomic E-state index is 0.381. The zero-order valence-electron chi connectivity index (χ0n) is 4.60. The van der Waals surface area contributed by atoms with Gasteiger partial charge in [0.25, 0.3) is 0 Å². The summed E-state index contributed by atoms with van der Waals surface area (Å²) in [6.07, 6.45) is 1.61. The summed E-state index contributed by atoms with van der Waals surface area (Å²) in [4.78, 5) is 10.2. The Hall–Kier alpha value is 0.170. The van der Waals surface area contributed by atoms with Crippen molar-refractivity contribution in [2.75, 3.05) is 10.7 Å². The second-order valence-corrected chi connectivity index (χ2v) is 2.53. The Morgan fingerprint density at radius 2 is 2.11 bits per heavy atom. The summed E-state index contributed by atoms with van der Waals surface area (Å²) in [5.41, 5.74) is 0.381. The van der Waals surface area contributed by atoms with Crippen LogP contribution in [0.25, 0.3) is 0 Å². The maximum atomic E-state index is 10.2. The molecule has 0 radical (unpaired) electrons. The molecular weight excluding hydrogens is 252 g/mol. The van der Waals surface area contributed by atoms with Crippen LogP contribution in [0, 0.1) is 0 Å². The molecule has 0 amide bonds. The monoisotopic (exact) mass is 256 g/mol. The summed E-state index contributed by atoms with van der Waals surface area (Å²) in [5.74, 6) is -0.869. The standard InChI is InChI=1S/C5H6Br2O2/c6-2-1-4(3-7)5(8)9/h1H,2-3H2,(H,8,9). The van der Waals surface area contributed by atoms with Gasteiger partial charge in [0.15, 0.2) is 0 Å². The Balaban J connectivity index is 3.98. The van der Waals surface area contributed by atoms with Gasteiger partial charge in [-0.1, -0.05) is 37.9 Å². The molecule has 0 aliphatic heterocycles. The van der Waals surface area contributed by atoms with Gasteiger partial charge in [-0.3, -0.25) is 0 Å². The highest BCUT2D eigenvalue weighted by Crippen LogP contribution is 2.00. The van der Waals surface area contributed by atoms with Crippen LogP contribution in [0.1, 0.15) is 0 Å². The zero-order chi connectivity index (χ0) is 7.28. The minimum atomic E-state index is -0.869. The number of halogens is 2. The highest BCUT2D eigenvalue weighted by atomic mass is 79.9. The van der Waals surface area contributed by atoms with Gasteiger partial charge in [-0.05, 0) is 0 Å². The fraction of sp³-hybridized carbons (Fsp3) is 0.400. The van der Waals surface area contributed by atoms with E-state index in [2.05, 4.69) is 31.9 Å². The third kappa shape index (κ3) is 3.70. The molecule has 0 atom stereocenters. The quantitative estimate of drug-likeness (QED) is 0.618. The van der Waals surface area contributed by atoms with Crippen molar-refractivity contribution in [3.05, 3.63) is 11.6 Å². The summed E-state index contributed by atoms with van der Waals surface area (Å²) in [7, 11) is 0. The van der Waals surface area contributed by atoms with Gasteiger partial charge in [0.1, 0.15) is 0 Å². The SMILES string of the molecule is O=C(O)C(=CCBr)CBr. The molecule has 0 unspecified atom stereocenters. The smallest absolute Gasteiger partial charge is 0.332 e. The molecular formula is C5H6Br2O2. The Bertz CT molecular complexity index is 131. The van der Waals surface area contributed by atoms with Crippen LogP contribution in [0.4, 0.5) is 0 Å². The number of alkyl halides is 2. The van der Waals surface area contributed by atoms with E-state index in [9.17, 15) is 4.79 Å². The van der Waals surface area contributed by atoms with Crippen molar-refractivity contribution in [1.82, 2.24) is 0 Å². The number of carboxylic acid groups (broad SMARTS) is 1. The average molecular weight is 258 g/mol. The molecule has 0 spiro atoms. The van der Waals surface area contributed by atoms with Gasteiger partial charge in [-0.2, -0.15) is 0 Å². The molecule has 0 heterocycles. The second-order valence-electron chi connectivity index (χ2n) is 1.32. The molecule has 0 aromatic carbocycles. The normalized spacial score (nSPS) is 11.6. The van der Waals surface area contributed by atoms with Crippen LogP contribution < -0.4 is 0 Å². The first-order valence-electron chi connectivity index (χ1n) is 2.26. The number of hydrogen-bond acceptors (Lipinski definition) is 1. The van der Waals surface area contributed by atoms with Crippen molar-refractivity contribution in [3.8, 4) is 0 Å². The van der Waals surface area contributed by atoms with Crippen molar-refractivity contribution in [2.45, 2.75) is 0 Å². The molecule has 1 N–H and O–H groups in total. The molecule has 0 aromatic rings. The lowest BCUT2D eigenvalue weighted by molar-refractivity contribution is -0.132. The van der Waals surface area contributed by atoms with E-state index in [1.54, 1.807) is 6.08 Å². The van der Waals surface area contributed by atoms with Crippen LogP contribution in [0.15, 0.2) is 11.6 Å². The Morgan fingerprint density at radius 3 is 2.22 bits per heavy atom. The first-order chi connectivity index (χ1) is 4.22. The highest BCUT2D eigenvalue weighted by molar-refractivity contribution is 9.09. The molecule has 52 valence electrons. The molecule has 9 heavy (non-hydrogen) atoms. The van der Waals surface area contributed by atoms with Gasteiger partial charge in [-0.15, -0.1) is 0 Å². The first-order valence-corrected chi connectivity index (χ1v) is 4.51. The van der Waals surface area contributed by atoms with Crippen LogP contribution in [-0.2, 0) is 4.79 Å². The van der Waals surface area contributed by atoms with Crippen LogP contribution in [0.3, 0.4) is 0 Å². The van der Waals surface area contributed by atoms with Crippen molar-refractivity contribution in [3.63, 3.8) is 0 Å². The summed E-state index contributed by atoms with van der Waals surface area (Å²) in [6, 6.07) is 0. The van der Waals surface area contributed by atoms with E-state index in [-0.39, 0.29) is 0 Å². The highest BCUT2D eigenvalue weighted by Gasteiger charge is 2.02. The minimum Gasteiger partial charge on any atom is -0.478 e. The Labute approximate surface area is 70.2 Å². The second kappa shape index (κ2) is 4.99. The fourth-order valence-electron chi connectivity index (χ4n) is 0.292. The molecule has 0 aliphatic rings. The molecule has 2 nitrogen and oxygen atoms in total. The third-order valence-electron chi connectivity index (χ3n) is 0.742. The number of hydrogen-bond donors (Lipinski definition) is 1. The number of aliphatic carboxylic acids is 1. The predicted molar refractivity (Wildman–Crippen MR) is 43.3 cm³/mol. The van der Waals surface area contributed by atoms with Crippen molar-refractivity contribution >= 4 is 37.8 Å². The zero-order valence-corrected chi connectivity index (χ0v) is 7.77. The van der Waals surface area contributed by atoms with E-state index in [0.717, 1.165) is 0 Å². The average Bonchev–Trinajstić information content (AvgIpc) is 1.82. The number of allylic oxidation sites excluding steroid dienone is 1. The Kier molecular flexibility index (Phi) is 5.09. The van der Waals surface area contributed by atoms with E-state index < -0.39 is 5.97 Å². The van der Waals surface area contributed by atoms with Crippen LogP contribution in [0.5, 0.6) is 0 Å². The molecule has 0 bridgehead atoms. The van der Waals surface area contributed by atoms with Gasteiger partial charge < -0.3 is 5.11 Å². The maximum Gasteiger partial charge on any atom is 0.332 e. The molecule has 0 aromatic heterocycles. The molecule has 0 saturated heterocycles. The van der Waals surface area contributed by atoms with E-state index >= 15 is 0 Å². The lowest BCUT2D eigenvalue weighted by Gasteiger charge is -1.91. The number of rotatable bonds is 3. The maximum absolute atomic E-state index is 10.2. The molecule has 4 heteroatoms. The van der Waals surface area contributed by atoms with Crippen LogP contribution in [-0.4, -0.2) is 21.7 Å². The van der Waals surface area contributed by atoms with Crippen molar-refractivity contribution in [2.24, 2.45) is 0 Å². The topological polar surface area (TPSA) is 37.3 Å². The number of carbonyl (C=O) groups is 1. The molecule has 0 rings (SSSR count). The summed E-state index contributed by atoms with van der Waals surface area (Å²) in [6.45, 7) is 0. The molecule has 0 aliphatic carbocycles. The van der Waals surface area contributed by atoms with Gasteiger partial charge >= 0.3 is 5.97 Å². The lowest BCUT2D eigenvalue weighted by atomic mass is 10.3.